The first-order valence-electron chi connectivity index (χ1n) is 25.2. The molecular weight excluding hydrogens is 1150 g/mol. The maximum Gasteiger partial charge on any atom is 0.523 e. The fourth-order valence-corrected chi connectivity index (χ4v) is 6.16. The van der Waals surface area contributed by atoms with Crippen LogP contribution in [0.25, 0.3) is 43.6 Å². The van der Waals surface area contributed by atoms with E-state index in [0.29, 0.717) is 7.11 Å². The molecule has 80 heavy (non-hydrogen) atoms. The highest BCUT2D eigenvalue weighted by atomic mass is 127. The smallest absolute Gasteiger partial charge is 0.400 e. The lowest BCUT2D eigenvalue weighted by Gasteiger charge is -2.02. The molecule has 7 heterocycles. The number of halogens is 4. The Morgan fingerprint density at radius 3 is 0.963 bits per heavy atom. The Kier molecular flexibility index (Phi) is 45.6. The zero-order valence-corrected chi connectivity index (χ0v) is 50.7. The number of aliphatic hydroxyl groups excluding tert-OH is 1. The topological polar surface area (TPSA) is 179 Å². The number of aromatic amines is 1. The van der Waals surface area contributed by atoms with Crippen molar-refractivity contribution in [1.29, 1.82) is 0 Å². The third kappa shape index (κ3) is 33.1. The Morgan fingerprint density at radius 1 is 0.512 bits per heavy atom. The fourth-order valence-electron chi connectivity index (χ4n) is 5.41. The number of para-hydroxylation sites is 4. The van der Waals surface area contributed by atoms with E-state index >= 15 is 0 Å². The quantitative estimate of drug-likeness (QED) is 0.0907. The molecule has 0 aliphatic heterocycles. The van der Waals surface area contributed by atoms with Crippen LogP contribution >= 0.6 is 22.6 Å². The van der Waals surface area contributed by atoms with E-state index in [9.17, 15) is 21.6 Å². The molecule has 11 rings (SSSR count). The number of imidazole rings is 3. The average molecular weight is 1240 g/mol. The minimum atomic E-state index is -5.34. The highest BCUT2D eigenvalue weighted by molar-refractivity contribution is 14.1. The van der Waals surface area contributed by atoms with Gasteiger partial charge in [-0.1, -0.05) is 160 Å². The van der Waals surface area contributed by atoms with Crippen molar-refractivity contribution >= 4 is 76.3 Å². The molecule has 0 atom stereocenters. The number of pyridine rings is 4. The van der Waals surface area contributed by atoms with E-state index in [4.69, 9.17) is 5.11 Å². The summed E-state index contributed by atoms with van der Waals surface area (Å²) >= 11 is 2.17. The van der Waals surface area contributed by atoms with Gasteiger partial charge in [0.05, 0.1) is 53.9 Å². The van der Waals surface area contributed by atoms with Crippen molar-refractivity contribution < 1.29 is 30.9 Å². The number of aliphatic hydroxyl groups is 1. The van der Waals surface area contributed by atoms with E-state index in [1.165, 1.54) is 21.5 Å². The first kappa shape index (κ1) is 76.8. The number of hydrogen-bond donors (Lipinski definition) is 2. The van der Waals surface area contributed by atoms with Crippen molar-refractivity contribution in [3.63, 3.8) is 0 Å². The van der Waals surface area contributed by atoms with Crippen LogP contribution in [0.3, 0.4) is 0 Å². The van der Waals surface area contributed by atoms with E-state index < -0.39 is 15.6 Å². The lowest BCUT2D eigenvalue weighted by atomic mass is 10.2. The summed E-state index contributed by atoms with van der Waals surface area (Å²) in [5, 5.41) is 11.8. The molecule has 19 heteroatoms. The van der Waals surface area contributed by atoms with E-state index in [0.717, 1.165) is 44.3 Å². The molecule has 2 N–H and O–H groups in total. The van der Waals surface area contributed by atoms with Gasteiger partial charge in [-0.25, -0.2) is 15.0 Å². The molecule has 434 valence electrons. The molecule has 0 fully saturated rings. The molecule has 0 radical (unpaired) electrons. The van der Waals surface area contributed by atoms with Gasteiger partial charge in [0, 0.05) is 91.8 Å². The van der Waals surface area contributed by atoms with Crippen LogP contribution < -0.4 is 0 Å². The first-order valence-corrected chi connectivity index (χ1v) is 27.7. The van der Waals surface area contributed by atoms with Crippen molar-refractivity contribution in [2.75, 3.05) is 14.2 Å². The highest BCUT2D eigenvalue weighted by Crippen LogP contribution is 2.23. The van der Waals surface area contributed by atoms with Crippen LogP contribution in [-0.4, -0.2) is 82.3 Å². The Morgan fingerprint density at radius 2 is 0.812 bits per heavy atom. The Hall–Kier alpha value is -7.46. The summed E-state index contributed by atoms with van der Waals surface area (Å²) in [7, 11) is 0.0235. The number of aromatic nitrogens is 10. The lowest BCUT2D eigenvalue weighted by molar-refractivity contribution is -0.0526. The van der Waals surface area contributed by atoms with Crippen LogP contribution in [0, 0.1) is 17.5 Å². The Balaban J connectivity index is -0.000000830. The van der Waals surface area contributed by atoms with Crippen LogP contribution in [0.15, 0.2) is 208 Å². The summed E-state index contributed by atoms with van der Waals surface area (Å²) < 4.78 is 60.7. The number of alkyl halides is 3. The van der Waals surface area contributed by atoms with Gasteiger partial charge in [-0.3, -0.25) is 24.1 Å². The predicted molar refractivity (Wildman–Crippen MR) is 336 cm³/mol. The standard InChI is InChI=1S/4C9H7N.C5H8N2.C4H5IN2.C4H6N2.C2H3F3O3S.4C2H6.CH4O.CH4/c4*1-2-6-9-8(4-1)5-3-7-10-9;1-5-3-7(2)4-6-5;1-7-2-4(5)6-3-7;1-4-2-5-3-6-4;1-8-9(6,7)2(3,4)5;5*1-2;/h4*1-7H;3-4H,1-2H3;2-3H,1H3;2-3H,1H3,(H,5,6);1H3;4*1-2H3;2H,1H3;1H4. The SMILES string of the molecule is C.CC.CC.CC.CC.CO.COS(=O)(=O)C(F)(F)F.Cc1cn(C)cn1.Cc1cnc[nH]1.Cn1cnc(I)c1.c1ccc2ncccc2c1.c1ccc2ncccc2c1.c1ccc2ncccc2c1.c1ccc2ncccc2c1. The summed E-state index contributed by atoms with van der Waals surface area (Å²) in [5.41, 5.74) is 1.12. The van der Waals surface area contributed by atoms with Crippen molar-refractivity contribution in [3.8, 4) is 0 Å². The number of benzene rings is 4. The third-order valence-corrected chi connectivity index (χ3v) is 10.3. The van der Waals surface area contributed by atoms with E-state index in [1.807, 2.05) is 227 Å². The molecule has 14 nitrogen and oxygen atoms in total. The lowest BCUT2D eigenvalue weighted by Crippen LogP contribution is -2.23. The predicted octanol–water partition coefficient (Wildman–Crippen LogP) is 16.2. The van der Waals surface area contributed by atoms with E-state index in [2.05, 4.69) is 115 Å². The number of fused-ring (bicyclic) bond motifs is 4. The molecule has 0 saturated carbocycles. The second-order valence-electron chi connectivity index (χ2n) is 14.1. The maximum absolute atomic E-state index is 11.1. The van der Waals surface area contributed by atoms with Gasteiger partial charge in [-0.05, 0) is 85.0 Å². The molecule has 0 bridgehead atoms. The van der Waals surface area contributed by atoms with Crippen LogP contribution in [0.4, 0.5) is 13.2 Å². The van der Waals surface area contributed by atoms with Gasteiger partial charge in [0.1, 0.15) is 3.70 Å². The number of nitrogens with one attached hydrogen (secondary N) is 1. The molecule has 0 aliphatic rings. The molecule has 0 amide bonds. The minimum absolute atomic E-state index is 0. The molecule has 0 spiro atoms. The van der Waals surface area contributed by atoms with Gasteiger partial charge in [0.2, 0.25) is 0 Å². The highest BCUT2D eigenvalue weighted by Gasteiger charge is 2.46. The van der Waals surface area contributed by atoms with Crippen LogP contribution in [0.1, 0.15) is 74.2 Å². The van der Waals surface area contributed by atoms with Gasteiger partial charge in [0.15, 0.2) is 0 Å². The van der Waals surface area contributed by atoms with Crippen LogP contribution in [0.5, 0.6) is 0 Å². The van der Waals surface area contributed by atoms with Crippen molar-refractivity contribution in [1.82, 2.24) is 49.0 Å². The summed E-state index contributed by atoms with van der Waals surface area (Å²) in [6, 6.07) is 48.3. The minimum Gasteiger partial charge on any atom is -0.400 e. The average Bonchev–Trinajstić information content (AvgIpc) is 4.27. The molecule has 7 aromatic heterocycles. The third-order valence-electron chi connectivity index (χ3n) is 8.69. The first-order chi connectivity index (χ1) is 38.1. The van der Waals surface area contributed by atoms with Gasteiger partial charge in [-0.2, -0.15) is 21.6 Å². The van der Waals surface area contributed by atoms with Gasteiger partial charge in [-0.15, -0.1) is 0 Å². The van der Waals surface area contributed by atoms with Gasteiger partial charge >= 0.3 is 15.6 Å². The van der Waals surface area contributed by atoms with Crippen LogP contribution in [-0.2, 0) is 28.4 Å². The largest absolute Gasteiger partial charge is 0.523 e. The Labute approximate surface area is 487 Å². The van der Waals surface area contributed by atoms with Crippen molar-refractivity contribution in [3.05, 3.63) is 223 Å². The molecule has 0 saturated heterocycles. The van der Waals surface area contributed by atoms with Crippen molar-refractivity contribution in [2.45, 2.75) is 82.2 Å². The van der Waals surface area contributed by atoms with E-state index in [-0.39, 0.29) is 7.43 Å². The summed E-state index contributed by atoms with van der Waals surface area (Å²) in [4.78, 5) is 31.3. The molecule has 4 aromatic carbocycles. The number of rotatable bonds is 1. The number of H-pyrrole nitrogens is 1. The summed E-state index contributed by atoms with van der Waals surface area (Å²) in [5.74, 6) is 0. The number of nitrogens with zero attached hydrogens (tertiary/aromatic N) is 9. The van der Waals surface area contributed by atoms with Gasteiger partial charge < -0.3 is 19.2 Å². The second kappa shape index (κ2) is 47.5. The molecule has 0 aliphatic carbocycles. The maximum atomic E-state index is 11.1. The van der Waals surface area contributed by atoms with Crippen molar-refractivity contribution in [2.24, 2.45) is 14.1 Å². The number of aryl methyl sites for hydroxylation is 4. The number of hydrogen-bond acceptors (Lipinski definition) is 11. The van der Waals surface area contributed by atoms with Gasteiger partial charge in [0.25, 0.3) is 0 Å². The zero-order chi connectivity index (χ0) is 59.9. The summed E-state index contributed by atoms with van der Waals surface area (Å²) in [6.07, 6.45) is 18.2. The molecule has 11 aromatic rings. The second-order valence-corrected chi connectivity index (χ2v) is 16.9. The molecule has 0 unspecified atom stereocenters. The Bertz CT molecular complexity index is 2670. The fraction of sp³-hybridized carbons (Fsp3) is 0.262. The summed E-state index contributed by atoms with van der Waals surface area (Å²) in [6.45, 7) is 19.9. The molecular formula is C61H82F3IN10O4S. The van der Waals surface area contributed by atoms with E-state index in [1.54, 1.807) is 25.2 Å². The normalized spacial score (nSPS) is 9.24. The zero-order valence-electron chi connectivity index (χ0n) is 47.7. The van der Waals surface area contributed by atoms with Crippen LogP contribution in [0.2, 0.25) is 0 Å². The monoisotopic (exact) mass is 1230 g/mol.